The first kappa shape index (κ1) is 14.5. The van der Waals surface area contributed by atoms with Crippen molar-refractivity contribution in [2.75, 3.05) is 11.9 Å². The van der Waals surface area contributed by atoms with E-state index in [2.05, 4.69) is 21.2 Å². The average molecular weight is 341 g/mol. The van der Waals surface area contributed by atoms with Crippen molar-refractivity contribution in [3.63, 3.8) is 0 Å². The van der Waals surface area contributed by atoms with E-state index in [1.54, 1.807) is 24.3 Å². The highest BCUT2D eigenvalue weighted by atomic mass is 79.9. The summed E-state index contributed by atoms with van der Waals surface area (Å²) in [5.41, 5.74) is 0.349. The molecule has 0 saturated heterocycles. The van der Waals surface area contributed by atoms with Gasteiger partial charge in [0.25, 0.3) is 5.69 Å². The summed E-state index contributed by atoms with van der Waals surface area (Å²) in [4.78, 5) is 10.6. The zero-order chi connectivity index (χ0) is 14.5. The number of anilines is 1. The molecule has 0 fully saturated rings. The summed E-state index contributed by atoms with van der Waals surface area (Å²) < 4.78 is 5.92. The third-order valence-corrected chi connectivity index (χ3v) is 3.28. The van der Waals surface area contributed by atoms with Crippen LogP contribution in [0.1, 0.15) is 18.2 Å². The van der Waals surface area contributed by atoms with Gasteiger partial charge in [-0.25, -0.2) is 0 Å². The van der Waals surface area contributed by atoms with Crippen LogP contribution in [0.3, 0.4) is 0 Å². The van der Waals surface area contributed by atoms with Crippen molar-refractivity contribution < 1.29 is 14.4 Å². The van der Waals surface area contributed by atoms with E-state index in [1.807, 2.05) is 0 Å². The Labute approximate surface area is 123 Å². The maximum absolute atomic E-state index is 11.1. The molecule has 106 valence electrons. The molecule has 20 heavy (non-hydrogen) atoms. The molecule has 2 aromatic rings. The Morgan fingerprint density at radius 1 is 1.45 bits per heavy atom. The number of rotatable bonds is 6. The van der Waals surface area contributed by atoms with Crippen LogP contribution in [0.15, 0.2) is 45.5 Å². The van der Waals surface area contributed by atoms with Crippen molar-refractivity contribution in [2.45, 2.75) is 12.5 Å². The van der Waals surface area contributed by atoms with Gasteiger partial charge in [0.1, 0.15) is 11.4 Å². The molecule has 2 rings (SSSR count). The Balaban J connectivity index is 2.29. The molecule has 6 nitrogen and oxygen atoms in total. The molecule has 0 bridgehead atoms. The topological polar surface area (TPSA) is 88.5 Å². The first-order valence-corrected chi connectivity index (χ1v) is 6.76. The minimum atomic E-state index is -0.453. The van der Waals surface area contributed by atoms with Crippen LogP contribution in [-0.2, 0) is 0 Å². The fourth-order valence-electron chi connectivity index (χ4n) is 1.87. The van der Waals surface area contributed by atoms with Crippen LogP contribution in [0, 0.1) is 10.1 Å². The van der Waals surface area contributed by atoms with E-state index in [0.717, 1.165) is 0 Å². The van der Waals surface area contributed by atoms with E-state index >= 15 is 0 Å². The number of hydrogen-bond donors (Lipinski definition) is 2. The number of benzene rings is 1. The zero-order valence-corrected chi connectivity index (χ0v) is 12.0. The first-order chi connectivity index (χ1) is 9.61. The Kier molecular flexibility index (Phi) is 4.75. The lowest BCUT2D eigenvalue weighted by molar-refractivity contribution is -0.384. The van der Waals surface area contributed by atoms with Gasteiger partial charge < -0.3 is 14.8 Å². The molecule has 1 unspecified atom stereocenters. The van der Waals surface area contributed by atoms with Crippen LogP contribution < -0.4 is 5.32 Å². The fourth-order valence-corrected chi connectivity index (χ4v) is 2.22. The number of aliphatic hydroxyl groups is 1. The van der Waals surface area contributed by atoms with Crippen molar-refractivity contribution in [3.05, 3.63) is 56.9 Å². The molecule has 0 amide bonds. The maximum atomic E-state index is 11.1. The molecule has 0 aliphatic rings. The highest BCUT2D eigenvalue weighted by Crippen LogP contribution is 2.32. The van der Waals surface area contributed by atoms with E-state index in [0.29, 0.717) is 22.3 Å². The van der Waals surface area contributed by atoms with Gasteiger partial charge in [0.15, 0.2) is 0 Å². The van der Waals surface area contributed by atoms with Gasteiger partial charge in [0, 0.05) is 17.1 Å². The first-order valence-electron chi connectivity index (χ1n) is 5.96. The molecule has 1 aromatic heterocycles. The third kappa shape index (κ3) is 3.37. The predicted octanol–water partition coefficient (Wildman–Crippen LogP) is 3.49. The molecule has 0 saturated carbocycles. The summed E-state index contributed by atoms with van der Waals surface area (Å²) >= 11 is 3.21. The van der Waals surface area contributed by atoms with Gasteiger partial charge in [0.2, 0.25) is 0 Å². The van der Waals surface area contributed by atoms with Crippen molar-refractivity contribution in [2.24, 2.45) is 0 Å². The van der Waals surface area contributed by atoms with Crippen molar-refractivity contribution in [3.8, 4) is 0 Å². The lowest BCUT2D eigenvalue weighted by Gasteiger charge is -2.17. The Hall–Kier alpha value is -1.86. The van der Waals surface area contributed by atoms with Gasteiger partial charge in [-0.1, -0.05) is 15.9 Å². The van der Waals surface area contributed by atoms with Crippen LogP contribution in [0.4, 0.5) is 11.4 Å². The normalized spacial score (nSPS) is 12.1. The Morgan fingerprint density at radius 3 is 2.85 bits per heavy atom. The number of nitrogens with one attached hydrogen (secondary N) is 1. The summed E-state index contributed by atoms with van der Waals surface area (Å²) in [5.74, 6) is 0.622. The number of halogens is 1. The Morgan fingerprint density at radius 2 is 2.25 bits per heavy atom. The molecule has 2 N–H and O–H groups in total. The van der Waals surface area contributed by atoms with Crippen LogP contribution in [-0.4, -0.2) is 16.6 Å². The van der Waals surface area contributed by atoms with E-state index in [4.69, 9.17) is 9.52 Å². The third-order valence-electron chi connectivity index (χ3n) is 2.79. The molecule has 0 radical (unpaired) electrons. The lowest BCUT2D eigenvalue weighted by atomic mass is 10.1. The number of nitro groups is 1. The molecular weight excluding hydrogens is 328 g/mol. The van der Waals surface area contributed by atoms with Gasteiger partial charge in [-0.05, 0) is 30.7 Å². The molecule has 0 aliphatic heterocycles. The molecule has 1 aromatic carbocycles. The number of nitrogens with zero attached hydrogens (tertiary/aromatic N) is 1. The number of aliphatic hydroxyl groups excluding tert-OH is 1. The molecule has 0 spiro atoms. The Bertz CT molecular complexity index is 586. The number of furan rings is 1. The second kappa shape index (κ2) is 6.53. The second-order valence-corrected chi connectivity index (χ2v) is 5.06. The highest BCUT2D eigenvalue weighted by molar-refractivity contribution is 9.10. The lowest BCUT2D eigenvalue weighted by Crippen LogP contribution is -2.12. The smallest absolute Gasteiger partial charge is 0.293 e. The van der Waals surface area contributed by atoms with Gasteiger partial charge in [-0.2, -0.15) is 0 Å². The van der Waals surface area contributed by atoms with E-state index < -0.39 is 4.92 Å². The molecule has 0 aliphatic carbocycles. The number of hydrogen-bond acceptors (Lipinski definition) is 5. The van der Waals surface area contributed by atoms with E-state index in [9.17, 15) is 10.1 Å². The summed E-state index contributed by atoms with van der Waals surface area (Å²) in [6, 6.07) is 7.94. The summed E-state index contributed by atoms with van der Waals surface area (Å²) in [5, 5.41) is 23.2. The van der Waals surface area contributed by atoms with Crippen molar-refractivity contribution in [1.29, 1.82) is 0 Å². The maximum Gasteiger partial charge on any atom is 0.293 e. The minimum Gasteiger partial charge on any atom is -0.467 e. The summed E-state index contributed by atoms with van der Waals surface area (Å²) in [6.07, 6.45) is 1.91. The molecular formula is C13H13BrN2O4. The summed E-state index contributed by atoms with van der Waals surface area (Å²) in [7, 11) is 0. The van der Waals surface area contributed by atoms with Gasteiger partial charge in [0.05, 0.1) is 17.2 Å². The van der Waals surface area contributed by atoms with Crippen LogP contribution >= 0.6 is 15.9 Å². The molecule has 1 atom stereocenters. The van der Waals surface area contributed by atoms with Gasteiger partial charge in [-0.15, -0.1) is 0 Å². The minimum absolute atomic E-state index is 0.0335. The van der Waals surface area contributed by atoms with E-state index in [-0.39, 0.29) is 18.3 Å². The van der Waals surface area contributed by atoms with Crippen LogP contribution in [0.2, 0.25) is 0 Å². The number of nitro benzene ring substituents is 1. The molecule has 7 heteroatoms. The fraction of sp³-hybridized carbons (Fsp3) is 0.231. The molecule has 1 heterocycles. The predicted molar refractivity (Wildman–Crippen MR) is 77.6 cm³/mol. The average Bonchev–Trinajstić information content (AvgIpc) is 2.93. The highest BCUT2D eigenvalue weighted by Gasteiger charge is 2.20. The van der Waals surface area contributed by atoms with Crippen molar-refractivity contribution in [1.82, 2.24) is 0 Å². The van der Waals surface area contributed by atoms with Gasteiger partial charge in [-0.3, -0.25) is 10.1 Å². The summed E-state index contributed by atoms with van der Waals surface area (Å²) in [6.45, 7) is -0.0529. The zero-order valence-electron chi connectivity index (χ0n) is 10.5. The quantitative estimate of drug-likeness (QED) is 0.620. The SMILES string of the molecule is O=[N+]([O-])c1cc(Br)ccc1NC(CCO)c1ccco1. The van der Waals surface area contributed by atoms with Gasteiger partial charge >= 0.3 is 0 Å². The van der Waals surface area contributed by atoms with Crippen molar-refractivity contribution >= 4 is 27.3 Å². The largest absolute Gasteiger partial charge is 0.467 e. The van der Waals surface area contributed by atoms with Crippen LogP contribution in [0.5, 0.6) is 0 Å². The monoisotopic (exact) mass is 340 g/mol. The van der Waals surface area contributed by atoms with E-state index in [1.165, 1.54) is 12.3 Å². The van der Waals surface area contributed by atoms with Crippen LogP contribution in [0.25, 0.3) is 0 Å². The second-order valence-electron chi connectivity index (χ2n) is 4.14. The standard InChI is InChI=1S/C13H13BrN2O4/c14-9-3-4-10(12(8-9)16(18)19)15-11(5-6-17)13-2-1-7-20-13/h1-4,7-8,11,15,17H,5-6H2.